The largest absolute Gasteiger partial charge is 0.438 e. The molecule has 0 saturated carbocycles. The Bertz CT molecular complexity index is 1370. The number of hydrogen-bond acceptors (Lipinski definition) is 7. The van der Waals surface area contributed by atoms with Crippen molar-refractivity contribution in [1.82, 2.24) is 15.0 Å². The van der Waals surface area contributed by atoms with E-state index in [1.807, 2.05) is 6.07 Å². The summed E-state index contributed by atoms with van der Waals surface area (Å²) in [6.07, 6.45) is 4.48. The Hall–Kier alpha value is -4.22. The van der Waals surface area contributed by atoms with Crippen molar-refractivity contribution in [2.45, 2.75) is 6.92 Å². The third-order valence-electron chi connectivity index (χ3n) is 5.14. The van der Waals surface area contributed by atoms with Gasteiger partial charge >= 0.3 is 0 Å². The van der Waals surface area contributed by atoms with Crippen LogP contribution in [-0.2, 0) is 4.74 Å². The number of oxazole rings is 1. The number of benzene rings is 1. The lowest BCUT2D eigenvalue weighted by Gasteiger charge is -2.32. The van der Waals surface area contributed by atoms with Crippen LogP contribution in [0.1, 0.15) is 12.5 Å². The molecule has 0 atom stereocenters. The maximum absolute atomic E-state index is 14.0. The minimum absolute atomic E-state index is 0.0365. The molecule has 0 spiro atoms. The van der Waals surface area contributed by atoms with Crippen LogP contribution in [0, 0.1) is 23.2 Å². The van der Waals surface area contributed by atoms with Gasteiger partial charge in [0, 0.05) is 23.5 Å². The van der Waals surface area contributed by atoms with Crippen LogP contribution in [0.2, 0.25) is 0 Å². The average Bonchev–Trinajstić information content (AvgIpc) is 3.24. The number of rotatable bonds is 4. The fourth-order valence-corrected chi connectivity index (χ4v) is 3.32. The van der Waals surface area contributed by atoms with Crippen LogP contribution in [0.25, 0.3) is 22.4 Å². The van der Waals surface area contributed by atoms with Crippen LogP contribution in [0.3, 0.4) is 0 Å². The van der Waals surface area contributed by atoms with Crippen LogP contribution < -0.4 is 10.5 Å². The molecule has 1 saturated heterocycles. The highest BCUT2D eigenvalue weighted by molar-refractivity contribution is 5.68. The van der Waals surface area contributed by atoms with Crippen molar-refractivity contribution in [1.29, 1.82) is 0 Å². The lowest BCUT2D eigenvalue weighted by molar-refractivity contribution is -0.0648. The molecular weight excluding hydrogens is 423 g/mol. The van der Waals surface area contributed by atoms with Gasteiger partial charge in [-0.25, -0.2) is 9.97 Å². The van der Waals surface area contributed by atoms with Crippen molar-refractivity contribution in [3.63, 3.8) is 0 Å². The van der Waals surface area contributed by atoms with Crippen molar-refractivity contribution >= 4 is 6.01 Å². The summed E-state index contributed by atoms with van der Waals surface area (Å²) in [7, 11) is 0. The van der Waals surface area contributed by atoms with Crippen LogP contribution in [0.5, 0.6) is 11.6 Å². The van der Waals surface area contributed by atoms with Crippen molar-refractivity contribution < 1.29 is 18.3 Å². The molecule has 4 heterocycles. The van der Waals surface area contributed by atoms with E-state index >= 15 is 0 Å². The van der Waals surface area contributed by atoms with E-state index in [1.54, 1.807) is 42.6 Å². The summed E-state index contributed by atoms with van der Waals surface area (Å²) < 4.78 is 30.4. The van der Waals surface area contributed by atoms with Gasteiger partial charge in [-0.2, -0.15) is 9.37 Å². The topological polar surface area (TPSA) is 96.3 Å². The number of hydrogen-bond donors (Lipinski definition) is 1. The predicted molar refractivity (Wildman–Crippen MR) is 120 cm³/mol. The maximum Gasteiger partial charge on any atom is 0.292 e. The van der Waals surface area contributed by atoms with E-state index in [0.29, 0.717) is 52.8 Å². The van der Waals surface area contributed by atoms with Gasteiger partial charge in [-0.05, 0) is 42.8 Å². The van der Waals surface area contributed by atoms with Gasteiger partial charge in [0.2, 0.25) is 11.8 Å². The molecule has 164 valence electrons. The SMILES string of the molecule is CC1(C#Cc2cnc(Oc3ccc(-c4cccnc4F)cc3)c(-c3coc(N)n3)c2)COC1. The number of anilines is 1. The lowest BCUT2D eigenvalue weighted by atomic mass is 9.89. The summed E-state index contributed by atoms with van der Waals surface area (Å²) >= 11 is 0. The zero-order valence-corrected chi connectivity index (χ0v) is 17.7. The van der Waals surface area contributed by atoms with E-state index in [-0.39, 0.29) is 11.4 Å². The third kappa shape index (κ3) is 4.40. The number of ether oxygens (including phenoxy) is 2. The van der Waals surface area contributed by atoms with Gasteiger partial charge in [0.05, 0.1) is 24.2 Å². The van der Waals surface area contributed by atoms with E-state index in [0.717, 1.165) is 0 Å². The first-order valence-electron chi connectivity index (χ1n) is 10.2. The van der Waals surface area contributed by atoms with E-state index in [4.69, 9.17) is 19.6 Å². The maximum atomic E-state index is 14.0. The number of pyridine rings is 2. The van der Waals surface area contributed by atoms with Crippen LogP contribution in [0.4, 0.5) is 10.4 Å². The Labute approximate surface area is 189 Å². The molecule has 1 aliphatic rings. The van der Waals surface area contributed by atoms with E-state index in [1.165, 1.54) is 12.5 Å². The Balaban J connectivity index is 1.45. The molecule has 7 nitrogen and oxygen atoms in total. The van der Waals surface area contributed by atoms with Crippen molar-refractivity contribution in [3.8, 4) is 45.9 Å². The molecule has 0 radical (unpaired) electrons. The molecule has 0 unspecified atom stereocenters. The standard InChI is InChI=1S/C25H19FN4O3/c1-25(14-31-15-25)9-8-16-11-20(21-13-32-24(27)30-21)23(29-12-16)33-18-6-4-17(5-7-18)19-3-2-10-28-22(19)26/h2-7,10-13H,14-15H2,1H3,(H2,27,30). The van der Waals surface area contributed by atoms with Gasteiger partial charge in [0.1, 0.15) is 17.7 Å². The molecule has 8 heteroatoms. The second kappa shape index (κ2) is 8.37. The van der Waals surface area contributed by atoms with Gasteiger partial charge in [-0.15, -0.1) is 0 Å². The average molecular weight is 442 g/mol. The second-order valence-corrected chi connectivity index (χ2v) is 7.92. The highest BCUT2D eigenvalue weighted by Gasteiger charge is 2.31. The summed E-state index contributed by atoms with van der Waals surface area (Å²) in [6.45, 7) is 3.27. The summed E-state index contributed by atoms with van der Waals surface area (Å²) in [5.74, 6) is 6.68. The van der Waals surface area contributed by atoms with Crippen LogP contribution in [-0.4, -0.2) is 28.2 Å². The first-order chi connectivity index (χ1) is 16.0. The summed E-state index contributed by atoms with van der Waals surface area (Å²) in [4.78, 5) is 12.3. The molecular formula is C25H19FN4O3. The molecule has 1 fully saturated rings. The van der Waals surface area contributed by atoms with Crippen molar-refractivity contribution in [2.24, 2.45) is 5.41 Å². The molecule has 0 aliphatic carbocycles. The van der Waals surface area contributed by atoms with Gasteiger partial charge in [0.25, 0.3) is 6.01 Å². The second-order valence-electron chi connectivity index (χ2n) is 7.92. The molecule has 1 aromatic carbocycles. The monoisotopic (exact) mass is 442 g/mol. The van der Waals surface area contributed by atoms with E-state index in [9.17, 15) is 4.39 Å². The molecule has 3 aromatic heterocycles. The molecule has 0 bridgehead atoms. The summed E-state index contributed by atoms with van der Waals surface area (Å²) in [5.41, 5.74) is 8.38. The number of nitrogen functional groups attached to an aromatic ring is 1. The Morgan fingerprint density at radius 1 is 1.12 bits per heavy atom. The number of nitrogens with two attached hydrogens (primary N) is 1. The van der Waals surface area contributed by atoms with Crippen molar-refractivity contribution in [2.75, 3.05) is 18.9 Å². The minimum atomic E-state index is -0.530. The van der Waals surface area contributed by atoms with E-state index in [2.05, 4.69) is 33.7 Å². The van der Waals surface area contributed by atoms with Crippen LogP contribution >= 0.6 is 0 Å². The Morgan fingerprint density at radius 2 is 1.94 bits per heavy atom. The molecule has 4 aromatic rings. The quantitative estimate of drug-likeness (QED) is 0.361. The van der Waals surface area contributed by atoms with Crippen molar-refractivity contribution in [3.05, 3.63) is 72.6 Å². The minimum Gasteiger partial charge on any atom is -0.438 e. The van der Waals surface area contributed by atoms with Gasteiger partial charge in [-0.1, -0.05) is 24.0 Å². The zero-order valence-electron chi connectivity index (χ0n) is 17.7. The normalized spacial score (nSPS) is 14.1. The number of aromatic nitrogens is 3. The summed E-state index contributed by atoms with van der Waals surface area (Å²) in [5, 5.41) is 0. The third-order valence-corrected chi connectivity index (χ3v) is 5.14. The van der Waals surface area contributed by atoms with Gasteiger partial charge in [0.15, 0.2) is 0 Å². The molecule has 2 N–H and O–H groups in total. The fraction of sp³-hybridized carbons (Fsp3) is 0.160. The molecule has 5 rings (SSSR count). The zero-order chi connectivity index (χ0) is 22.8. The van der Waals surface area contributed by atoms with Crippen LogP contribution in [0.15, 0.2) is 65.5 Å². The first-order valence-corrected chi connectivity index (χ1v) is 10.2. The fourth-order valence-electron chi connectivity index (χ4n) is 3.32. The number of nitrogens with zero attached hydrogens (tertiary/aromatic N) is 3. The molecule has 0 amide bonds. The first kappa shape index (κ1) is 20.7. The highest BCUT2D eigenvalue weighted by atomic mass is 19.1. The summed E-state index contributed by atoms with van der Waals surface area (Å²) in [6, 6.07) is 12.2. The number of halogens is 1. The van der Waals surface area contributed by atoms with E-state index < -0.39 is 5.95 Å². The highest BCUT2D eigenvalue weighted by Crippen LogP contribution is 2.33. The Kier molecular flexibility index (Phi) is 5.24. The molecule has 1 aliphatic heterocycles. The Morgan fingerprint density at radius 3 is 2.61 bits per heavy atom. The predicted octanol–water partition coefficient (Wildman–Crippen LogP) is 4.70. The lowest BCUT2D eigenvalue weighted by Crippen LogP contribution is -2.38. The van der Waals surface area contributed by atoms with Gasteiger partial charge in [-0.3, -0.25) is 0 Å². The molecule has 33 heavy (non-hydrogen) atoms. The van der Waals surface area contributed by atoms with Gasteiger partial charge < -0.3 is 19.6 Å². The smallest absolute Gasteiger partial charge is 0.292 e.